The van der Waals surface area contributed by atoms with E-state index in [1.807, 2.05) is 24.3 Å². The lowest BCUT2D eigenvalue weighted by Crippen LogP contribution is -2.08. The molecule has 126 valence electrons. The lowest BCUT2D eigenvalue weighted by Gasteiger charge is -2.08. The first-order valence-electron chi connectivity index (χ1n) is 7.50. The topological polar surface area (TPSA) is 51.2 Å². The monoisotopic (exact) mass is 340 g/mol. The molecule has 0 aliphatic heterocycles. The van der Waals surface area contributed by atoms with Crippen molar-refractivity contribution in [2.45, 2.75) is 6.61 Å². The number of rotatable bonds is 5. The highest BCUT2D eigenvalue weighted by atomic mass is 19.3. The standard InChI is InChI=1S/C19H14F2N2O2/c20-19(21)25-16-9-2-1-5-13(16)10-11-17(24)23-15-8-3-6-14-7-4-12-22-18(14)15/h1-12,19H,(H,23,24)/b11-10+. The molecule has 0 radical (unpaired) electrons. The molecule has 3 aromatic rings. The van der Waals surface area contributed by atoms with Crippen molar-refractivity contribution in [2.24, 2.45) is 0 Å². The van der Waals surface area contributed by atoms with Crippen LogP contribution in [-0.4, -0.2) is 17.5 Å². The van der Waals surface area contributed by atoms with Crippen molar-refractivity contribution >= 4 is 28.6 Å². The number of nitrogens with zero attached hydrogens (tertiary/aromatic N) is 1. The fourth-order valence-corrected chi connectivity index (χ4v) is 2.37. The van der Waals surface area contributed by atoms with Crippen LogP contribution < -0.4 is 10.1 Å². The molecule has 25 heavy (non-hydrogen) atoms. The van der Waals surface area contributed by atoms with E-state index >= 15 is 0 Å². The Kier molecular flexibility index (Phi) is 4.99. The van der Waals surface area contributed by atoms with E-state index in [4.69, 9.17) is 0 Å². The smallest absolute Gasteiger partial charge is 0.387 e. The van der Waals surface area contributed by atoms with Crippen LogP contribution in [0.25, 0.3) is 17.0 Å². The van der Waals surface area contributed by atoms with E-state index in [1.165, 1.54) is 18.2 Å². The van der Waals surface area contributed by atoms with Gasteiger partial charge in [-0.2, -0.15) is 8.78 Å². The van der Waals surface area contributed by atoms with Gasteiger partial charge in [0, 0.05) is 23.2 Å². The number of fused-ring (bicyclic) bond motifs is 1. The molecule has 1 aromatic heterocycles. The van der Waals surface area contributed by atoms with Crippen molar-refractivity contribution in [3.8, 4) is 5.75 Å². The molecule has 0 saturated heterocycles. The van der Waals surface area contributed by atoms with Gasteiger partial charge in [0.1, 0.15) is 5.75 Å². The molecule has 0 saturated carbocycles. The highest BCUT2D eigenvalue weighted by Gasteiger charge is 2.08. The number of carbonyl (C=O) groups is 1. The fraction of sp³-hybridized carbons (Fsp3) is 0.0526. The third-order valence-corrected chi connectivity index (χ3v) is 3.44. The number of hydrogen-bond donors (Lipinski definition) is 1. The molecular weight excluding hydrogens is 326 g/mol. The van der Waals surface area contributed by atoms with Crippen LogP contribution in [0.5, 0.6) is 5.75 Å². The van der Waals surface area contributed by atoms with Crippen LogP contribution in [0.1, 0.15) is 5.56 Å². The number of hydrogen-bond acceptors (Lipinski definition) is 3. The van der Waals surface area contributed by atoms with Gasteiger partial charge in [-0.1, -0.05) is 36.4 Å². The Bertz CT molecular complexity index is 921. The van der Waals surface area contributed by atoms with Gasteiger partial charge >= 0.3 is 6.61 Å². The van der Waals surface area contributed by atoms with Crippen LogP contribution in [0.4, 0.5) is 14.5 Å². The summed E-state index contributed by atoms with van der Waals surface area (Å²) >= 11 is 0. The number of halogens is 2. The molecule has 4 nitrogen and oxygen atoms in total. The Hall–Kier alpha value is -3.28. The van der Waals surface area contributed by atoms with Crippen LogP contribution in [0.2, 0.25) is 0 Å². The van der Waals surface area contributed by atoms with Crippen molar-refractivity contribution in [2.75, 3.05) is 5.32 Å². The van der Waals surface area contributed by atoms with Gasteiger partial charge in [-0.15, -0.1) is 0 Å². The molecule has 2 aromatic carbocycles. The Morgan fingerprint density at radius 1 is 1.08 bits per heavy atom. The van der Waals surface area contributed by atoms with Crippen molar-refractivity contribution in [3.05, 3.63) is 72.4 Å². The summed E-state index contributed by atoms with van der Waals surface area (Å²) in [4.78, 5) is 16.4. The molecular formula is C19H14F2N2O2. The highest BCUT2D eigenvalue weighted by molar-refractivity contribution is 6.06. The summed E-state index contributed by atoms with van der Waals surface area (Å²) in [7, 11) is 0. The lowest BCUT2D eigenvalue weighted by atomic mass is 10.1. The first kappa shape index (κ1) is 16.6. The maximum absolute atomic E-state index is 12.4. The third-order valence-electron chi connectivity index (χ3n) is 3.44. The summed E-state index contributed by atoms with van der Waals surface area (Å²) in [5.74, 6) is -0.390. The number of aromatic nitrogens is 1. The maximum Gasteiger partial charge on any atom is 0.387 e. The quantitative estimate of drug-likeness (QED) is 0.696. The average Bonchev–Trinajstić information content (AvgIpc) is 2.61. The number of carbonyl (C=O) groups excluding carboxylic acids is 1. The van der Waals surface area contributed by atoms with Gasteiger partial charge in [-0.3, -0.25) is 9.78 Å². The first-order valence-corrected chi connectivity index (χ1v) is 7.50. The Balaban J connectivity index is 1.78. The Labute approximate surface area is 142 Å². The maximum atomic E-state index is 12.4. The van der Waals surface area contributed by atoms with Gasteiger partial charge in [0.25, 0.3) is 0 Å². The third kappa shape index (κ3) is 4.17. The molecule has 6 heteroatoms. The highest BCUT2D eigenvalue weighted by Crippen LogP contribution is 2.23. The second-order valence-corrected chi connectivity index (χ2v) is 5.12. The summed E-state index contributed by atoms with van der Waals surface area (Å²) in [6.07, 6.45) is 4.33. The summed E-state index contributed by atoms with van der Waals surface area (Å²) < 4.78 is 29.2. The van der Waals surface area contributed by atoms with Crippen LogP contribution in [0.15, 0.2) is 66.9 Å². The SMILES string of the molecule is O=C(/C=C/c1ccccc1OC(F)F)Nc1cccc2cccnc12. The fourth-order valence-electron chi connectivity index (χ4n) is 2.37. The van der Waals surface area contributed by atoms with E-state index in [2.05, 4.69) is 15.0 Å². The van der Waals surface area contributed by atoms with E-state index < -0.39 is 12.5 Å². The number of anilines is 1. The number of pyridine rings is 1. The van der Waals surface area contributed by atoms with Gasteiger partial charge in [0.15, 0.2) is 0 Å². The van der Waals surface area contributed by atoms with E-state index in [1.54, 1.807) is 30.5 Å². The van der Waals surface area contributed by atoms with Gasteiger partial charge < -0.3 is 10.1 Å². The zero-order valence-electron chi connectivity index (χ0n) is 13.0. The van der Waals surface area contributed by atoms with Crippen molar-refractivity contribution < 1.29 is 18.3 Å². The Morgan fingerprint density at radius 2 is 1.88 bits per heavy atom. The molecule has 1 amide bonds. The number of ether oxygens (including phenoxy) is 1. The van der Waals surface area contributed by atoms with Crippen LogP contribution >= 0.6 is 0 Å². The molecule has 1 heterocycles. The van der Waals surface area contributed by atoms with E-state index in [0.717, 1.165) is 5.39 Å². The average molecular weight is 340 g/mol. The largest absolute Gasteiger partial charge is 0.434 e. The van der Waals surface area contributed by atoms with Crippen molar-refractivity contribution in [1.82, 2.24) is 4.98 Å². The molecule has 3 rings (SSSR count). The summed E-state index contributed by atoms with van der Waals surface area (Å²) in [6.45, 7) is -2.93. The molecule has 0 spiro atoms. The van der Waals surface area contributed by atoms with Gasteiger partial charge in [0.05, 0.1) is 11.2 Å². The number of benzene rings is 2. The number of alkyl halides is 2. The second kappa shape index (κ2) is 7.53. The minimum Gasteiger partial charge on any atom is -0.434 e. The number of nitrogens with one attached hydrogen (secondary N) is 1. The first-order chi connectivity index (χ1) is 12.1. The zero-order chi connectivity index (χ0) is 17.6. The molecule has 1 N–H and O–H groups in total. The summed E-state index contributed by atoms with van der Waals surface area (Å²) in [6, 6.07) is 15.4. The van der Waals surface area contributed by atoms with Crippen LogP contribution in [0, 0.1) is 0 Å². The normalized spacial score (nSPS) is 11.2. The Morgan fingerprint density at radius 3 is 2.72 bits per heavy atom. The molecule has 0 atom stereocenters. The molecule has 0 fully saturated rings. The van der Waals surface area contributed by atoms with Crippen LogP contribution in [-0.2, 0) is 4.79 Å². The molecule has 0 unspecified atom stereocenters. The molecule has 0 bridgehead atoms. The number of para-hydroxylation sites is 2. The molecule has 0 aliphatic carbocycles. The summed E-state index contributed by atoms with van der Waals surface area (Å²) in [5.41, 5.74) is 1.63. The minimum atomic E-state index is -2.93. The van der Waals surface area contributed by atoms with E-state index in [-0.39, 0.29) is 5.75 Å². The second-order valence-electron chi connectivity index (χ2n) is 5.12. The van der Waals surface area contributed by atoms with Crippen molar-refractivity contribution in [1.29, 1.82) is 0 Å². The minimum absolute atomic E-state index is 0.00776. The number of amides is 1. The van der Waals surface area contributed by atoms with Crippen LogP contribution in [0.3, 0.4) is 0 Å². The van der Waals surface area contributed by atoms with Crippen molar-refractivity contribution in [3.63, 3.8) is 0 Å². The predicted molar refractivity (Wildman–Crippen MR) is 92.5 cm³/mol. The zero-order valence-corrected chi connectivity index (χ0v) is 13.0. The lowest BCUT2D eigenvalue weighted by molar-refractivity contribution is -0.111. The van der Waals surface area contributed by atoms with Gasteiger partial charge in [0.2, 0.25) is 5.91 Å². The van der Waals surface area contributed by atoms with E-state index in [0.29, 0.717) is 16.8 Å². The molecule has 0 aliphatic rings. The summed E-state index contributed by atoms with van der Waals surface area (Å²) in [5, 5.41) is 3.64. The van der Waals surface area contributed by atoms with Gasteiger partial charge in [-0.05, 0) is 24.3 Å². The van der Waals surface area contributed by atoms with Gasteiger partial charge in [-0.25, -0.2) is 0 Å². The predicted octanol–water partition coefficient (Wildman–Crippen LogP) is 4.49. The van der Waals surface area contributed by atoms with E-state index in [9.17, 15) is 13.6 Å².